The van der Waals surface area contributed by atoms with Gasteiger partial charge in [-0.3, -0.25) is 4.79 Å². The molecule has 0 fully saturated rings. The highest BCUT2D eigenvalue weighted by molar-refractivity contribution is 5.96. The van der Waals surface area contributed by atoms with Gasteiger partial charge in [0.05, 0.1) is 17.8 Å². The van der Waals surface area contributed by atoms with E-state index in [1.807, 2.05) is 0 Å². The molecule has 29 heavy (non-hydrogen) atoms. The number of amides is 1. The molecule has 6 nitrogen and oxygen atoms in total. The van der Waals surface area contributed by atoms with Gasteiger partial charge in [-0.25, -0.2) is 18.6 Å². The number of pyridine rings is 1. The first kappa shape index (κ1) is 19.9. The molecule has 0 radical (unpaired) electrons. The van der Waals surface area contributed by atoms with E-state index in [4.69, 9.17) is 9.84 Å². The molecule has 0 aliphatic heterocycles. The lowest BCUT2D eigenvalue weighted by Crippen LogP contribution is -2.27. The minimum absolute atomic E-state index is 0.0800. The van der Waals surface area contributed by atoms with Crippen molar-refractivity contribution >= 4 is 11.9 Å². The number of carbonyl (C=O) groups excluding carboxylic acids is 1. The van der Waals surface area contributed by atoms with E-state index in [9.17, 15) is 18.4 Å². The third-order valence-electron chi connectivity index (χ3n) is 4.07. The highest BCUT2D eigenvalue weighted by Gasteiger charge is 2.19. The lowest BCUT2D eigenvalue weighted by molar-refractivity contribution is 0.0696. The minimum Gasteiger partial charge on any atom is -0.478 e. The van der Waals surface area contributed by atoms with E-state index >= 15 is 0 Å². The molecule has 0 aliphatic rings. The second kappa shape index (κ2) is 8.47. The van der Waals surface area contributed by atoms with Crippen molar-refractivity contribution in [1.29, 1.82) is 0 Å². The molecular weight excluding hydrogens is 382 g/mol. The van der Waals surface area contributed by atoms with Crippen molar-refractivity contribution in [2.45, 2.75) is 13.0 Å². The molecule has 8 heteroatoms. The van der Waals surface area contributed by atoms with Crippen LogP contribution in [0.15, 0.2) is 60.8 Å². The average Bonchev–Trinajstić information content (AvgIpc) is 2.71. The van der Waals surface area contributed by atoms with Gasteiger partial charge in [0.2, 0.25) is 5.88 Å². The predicted octanol–water partition coefficient (Wildman–Crippen LogP) is 4.34. The molecule has 1 aromatic heterocycles. The maximum absolute atomic E-state index is 13.7. The molecule has 0 unspecified atom stereocenters. The standard InChI is InChI=1S/C21H16F2N2O4/c1-12(13-3-2-4-14(9-13)21(27)28)25-19(26)18-10-16(23)11-24-20(18)29-17-7-5-15(22)6-8-17/h2-12H,1H3,(H,25,26)(H,27,28)/t12-/m0/s1. The van der Waals surface area contributed by atoms with Crippen LogP contribution < -0.4 is 10.1 Å². The zero-order chi connectivity index (χ0) is 21.0. The number of aromatic carboxylic acids is 1. The number of nitrogens with one attached hydrogen (secondary N) is 1. The molecular formula is C21H16F2N2O4. The number of aromatic nitrogens is 1. The highest BCUT2D eigenvalue weighted by atomic mass is 19.1. The van der Waals surface area contributed by atoms with Crippen LogP contribution in [0.5, 0.6) is 11.6 Å². The van der Waals surface area contributed by atoms with Crippen molar-refractivity contribution in [3.8, 4) is 11.6 Å². The summed E-state index contributed by atoms with van der Waals surface area (Å²) in [6, 6.07) is 11.6. The van der Waals surface area contributed by atoms with Crippen LogP contribution in [-0.4, -0.2) is 22.0 Å². The highest BCUT2D eigenvalue weighted by Crippen LogP contribution is 2.25. The summed E-state index contributed by atoms with van der Waals surface area (Å²) in [6.45, 7) is 1.66. The normalized spacial score (nSPS) is 11.6. The second-order valence-corrected chi connectivity index (χ2v) is 6.19. The maximum Gasteiger partial charge on any atom is 0.335 e. The first-order chi connectivity index (χ1) is 13.8. The van der Waals surface area contributed by atoms with Crippen LogP contribution in [-0.2, 0) is 0 Å². The van der Waals surface area contributed by atoms with Crippen molar-refractivity contribution in [2.24, 2.45) is 0 Å². The third-order valence-corrected chi connectivity index (χ3v) is 4.07. The number of hydrogen-bond acceptors (Lipinski definition) is 4. The molecule has 0 spiro atoms. The van der Waals surface area contributed by atoms with Crippen LogP contribution in [0.2, 0.25) is 0 Å². The Kier molecular flexibility index (Phi) is 5.82. The summed E-state index contributed by atoms with van der Waals surface area (Å²) in [4.78, 5) is 27.6. The van der Waals surface area contributed by atoms with E-state index in [2.05, 4.69) is 10.3 Å². The number of carboxylic acid groups (broad SMARTS) is 1. The number of rotatable bonds is 6. The fraction of sp³-hybridized carbons (Fsp3) is 0.0952. The molecule has 1 heterocycles. The van der Waals surface area contributed by atoms with Gasteiger partial charge in [0.1, 0.15) is 22.9 Å². The van der Waals surface area contributed by atoms with Gasteiger partial charge in [0, 0.05) is 0 Å². The van der Waals surface area contributed by atoms with Gasteiger partial charge >= 0.3 is 5.97 Å². The number of nitrogens with zero attached hydrogens (tertiary/aromatic N) is 1. The Morgan fingerprint density at radius 2 is 1.79 bits per heavy atom. The number of ether oxygens (including phenoxy) is 1. The smallest absolute Gasteiger partial charge is 0.335 e. The molecule has 0 bridgehead atoms. The summed E-state index contributed by atoms with van der Waals surface area (Å²) < 4.78 is 32.2. The van der Waals surface area contributed by atoms with Crippen molar-refractivity contribution in [2.75, 3.05) is 0 Å². The molecule has 0 saturated heterocycles. The van der Waals surface area contributed by atoms with E-state index in [1.165, 1.54) is 36.4 Å². The number of hydrogen-bond donors (Lipinski definition) is 2. The monoisotopic (exact) mass is 398 g/mol. The van der Waals surface area contributed by atoms with E-state index in [0.717, 1.165) is 12.3 Å². The lowest BCUT2D eigenvalue weighted by atomic mass is 10.0. The molecule has 3 rings (SSSR count). The van der Waals surface area contributed by atoms with Crippen molar-refractivity contribution in [1.82, 2.24) is 10.3 Å². The van der Waals surface area contributed by atoms with E-state index in [1.54, 1.807) is 19.1 Å². The predicted molar refractivity (Wildman–Crippen MR) is 100.0 cm³/mol. The fourth-order valence-corrected chi connectivity index (χ4v) is 2.58. The van der Waals surface area contributed by atoms with E-state index in [0.29, 0.717) is 5.56 Å². The molecule has 2 aromatic carbocycles. The average molecular weight is 398 g/mol. The van der Waals surface area contributed by atoms with Gasteiger partial charge in [-0.15, -0.1) is 0 Å². The van der Waals surface area contributed by atoms with Crippen LogP contribution in [0.4, 0.5) is 8.78 Å². The molecule has 1 amide bonds. The summed E-state index contributed by atoms with van der Waals surface area (Å²) in [5.41, 5.74) is 0.482. The number of benzene rings is 2. The molecule has 2 N–H and O–H groups in total. The molecule has 0 aliphatic carbocycles. The van der Waals surface area contributed by atoms with Gasteiger partial charge in [0.25, 0.3) is 5.91 Å². The van der Waals surface area contributed by atoms with Gasteiger partial charge in [-0.1, -0.05) is 12.1 Å². The number of halogens is 2. The Bertz CT molecular complexity index is 1050. The molecule has 3 aromatic rings. The van der Waals surface area contributed by atoms with Gasteiger partial charge in [0.15, 0.2) is 0 Å². The fourth-order valence-electron chi connectivity index (χ4n) is 2.58. The molecule has 1 atom stereocenters. The van der Waals surface area contributed by atoms with Crippen LogP contribution in [0.3, 0.4) is 0 Å². The van der Waals surface area contributed by atoms with E-state index < -0.39 is 29.6 Å². The number of carbonyl (C=O) groups is 2. The van der Waals surface area contributed by atoms with Gasteiger partial charge in [-0.2, -0.15) is 0 Å². The van der Waals surface area contributed by atoms with Crippen LogP contribution in [0, 0.1) is 11.6 Å². The summed E-state index contributed by atoms with van der Waals surface area (Å²) >= 11 is 0. The first-order valence-corrected chi connectivity index (χ1v) is 8.56. The number of carboxylic acids is 1. The SMILES string of the molecule is C[C@H](NC(=O)c1cc(F)cnc1Oc1ccc(F)cc1)c1cccc(C(=O)O)c1. The zero-order valence-corrected chi connectivity index (χ0v) is 15.2. The Balaban J connectivity index is 1.83. The Morgan fingerprint density at radius 3 is 2.48 bits per heavy atom. The summed E-state index contributed by atoms with van der Waals surface area (Å²) in [5.74, 6) is -2.87. The first-order valence-electron chi connectivity index (χ1n) is 8.56. The van der Waals surface area contributed by atoms with Crippen molar-refractivity contribution in [3.05, 3.63) is 89.1 Å². The quantitative estimate of drug-likeness (QED) is 0.645. The lowest BCUT2D eigenvalue weighted by Gasteiger charge is -2.16. The maximum atomic E-state index is 13.7. The van der Waals surface area contributed by atoms with Crippen molar-refractivity contribution in [3.63, 3.8) is 0 Å². The van der Waals surface area contributed by atoms with Gasteiger partial charge in [-0.05, 0) is 55.0 Å². The summed E-state index contributed by atoms with van der Waals surface area (Å²) in [6.07, 6.45) is 0.898. The largest absolute Gasteiger partial charge is 0.478 e. The second-order valence-electron chi connectivity index (χ2n) is 6.19. The molecule has 148 valence electrons. The Hall–Kier alpha value is -3.81. The topological polar surface area (TPSA) is 88.5 Å². The minimum atomic E-state index is -1.09. The van der Waals surface area contributed by atoms with Crippen LogP contribution >= 0.6 is 0 Å². The molecule has 0 saturated carbocycles. The van der Waals surface area contributed by atoms with Crippen LogP contribution in [0.25, 0.3) is 0 Å². The van der Waals surface area contributed by atoms with Gasteiger partial charge < -0.3 is 15.2 Å². The third kappa shape index (κ3) is 4.92. The zero-order valence-electron chi connectivity index (χ0n) is 15.2. The Labute approximate surface area is 164 Å². The van der Waals surface area contributed by atoms with Crippen LogP contribution in [0.1, 0.15) is 39.2 Å². The summed E-state index contributed by atoms with van der Waals surface area (Å²) in [7, 11) is 0. The summed E-state index contributed by atoms with van der Waals surface area (Å²) in [5, 5.41) is 11.8. The van der Waals surface area contributed by atoms with E-state index in [-0.39, 0.29) is 22.8 Å². The van der Waals surface area contributed by atoms with Crippen molar-refractivity contribution < 1.29 is 28.2 Å². The Morgan fingerprint density at radius 1 is 1.07 bits per heavy atom.